The fourth-order valence-corrected chi connectivity index (χ4v) is 1.62. The van der Waals surface area contributed by atoms with E-state index in [2.05, 4.69) is 15.3 Å². The Bertz CT molecular complexity index is 281. The van der Waals surface area contributed by atoms with Gasteiger partial charge in [-0.2, -0.15) is 0 Å². The van der Waals surface area contributed by atoms with E-state index in [4.69, 9.17) is 9.47 Å². The van der Waals surface area contributed by atoms with Crippen molar-refractivity contribution in [2.75, 3.05) is 19.8 Å². The monoisotopic (exact) mass is 211 g/mol. The predicted octanol–water partition coefficient (Wildman–Crippen LogP) is 0.652. The van der Waals surface area contributed by atoms with Crippen LogP contribution in [0.2, 0.25) is 0 Å². The average Bonchev–Trinajstić information content (AvgIpc) is 2.84. The maximum atomic E-state index is 5.50. The van der Waals surface area contributed by atoms with Crippen LogP contribution in [0.1, 0.15) is 19.0 Å². The van der Waals surface area contributed by atoms with Crippen molar-refractivity contribution in [3.8, 4) is 0 Å². The molecule has 1 aliphatic rings. The lowest BCUT2D eigenvalue weighted by molar-refractivity contribution is -0.145. The molecular weight excluding hydrogens is 194 g/mol. The number of nitrogens with zero attached hydrogens (tertiary/aromatic N) is 1. The van der Waals surface area contributed by atoms with Gasteiger partial charge in [0.2, 0.25) is 0 Å². The number of rotatable bonds is 5. The first-order chi connectivity index (χ1) is 7.29. The molecule has 0 aromatic carbocycles. The van der Waals surface area contributed by atoms with E-state index in [9.17, 15) is 0 Å². The minimum Gasteiger partial charge on any atom is -0.348 e. The van der Waals surface area contributed by atoms with Crippen LogP contribution in [-0.2, 0) is 16.0 Å². The Morgan fingerprint density at radius 1 is 1.53 bits per heavy atom. The van der Waals surface area contributed by atoms with Crippen LogP contribution in [0.3, 0.4) is 0 Å². The van der Waals surface area contributed by atoms with Gasteiger partial charge in [0.25, 0.3) is 0 Å². The molecule has 0 bridgehead atoms. The molecular formula is C10H17N3O2. The van der Waals surface area contributed by atoms with Gasteiger partial charge in [0.1, 0.15) is 0 Å². The number of aromatic amines is 1. The van der Waals surface area contributed by atoms with Gasteiger partial charge in [0, 0.05) is 31.4 Å². The second-order valence-corrected chi connectivity index (χ2v) is 3.83. The molecule has 1 aromatic rings. The molecule has 5 heteroatoms. The van der Waals surface area contributed by atoms with E-state index >= 15 is 0 Å². The fourth-order valence-electron chi connectivity index (χ4n) is 1.62. The topological polar surface area (TPSA) is 59.2 Å². The molecule has 1 aromatic heterocycles. The van der Waals surface area contributed by atoms with Crippen molar-refractivity contribution >= 4 is 0 Å². The summed E-state index contributed by atoms with van der Waals surface area (Å²) in [6.07, 6.45) is 4.36. The molecule has 15 heavy (non-hydrogen) atoms. The van der Waals surface area contributed by atoms with Gasteiger partial charge in [-0.15, -0.1) is 0 Å². The third-order valence-electron chi connectivity index (χ3n) is 2.52. The molecule has 0 radical (unpaired) electrons. The summed E-state index contributed by atoms with van der Waals surface area (Å²) >= 11 is 0. The van der Waals surface area contributed by atoms with E-state index in [0.717, 1.165) is 25.2 Å². The second kappa shape index (κ2) is 4.74. The highest BCUT2D eigenvalue weighted by molar-refractivity contribution is 4.93. The average molecular weight is 211 g/mol. The molecule has 0 saturated carbocycles. The number of aromatic nitrogens is 2. The van der Waals surface area contributed by atoms with Gasteiger partial charge in [-0.1, -0.05) is 0 Å². The van der Waals surface area contributed by atoms with Crippen molar-refractivity contribution in [1.29, 1.82) is 0 Å². The van der Waals surface area contributed by atoms with E-state index in [1.165, 1.54) is 0 Å². The van der Waals surface area contributed by atoms with E-state index in [-0.39, 0.29) is 5.79 Å². The minimum atomic E-state index is -0.388. The van der Waals surface area contributed by atoms with Crippen molar-refractivity contribution in [2.45, 2.75) is 25.7 Å². The van der Waals surface area contributed by atoms with Gasteiger partial charge in [-0.3, -0.25) is 0 Å². The van der Waals surface area contributed by atoms with Gasteiger partial charge in [-0.05, 0) is 6.92 Å². The van der Waals surface area contributed by atoms with Gasteiger partial charge in [-0.25, -0.2) is 4.98 Å². The van der Waals surface area contributed by atoms with E-state index in [1.807, 2.05) is 13.1 Å². The summed E-state index contributed by atoms with van der Waals surface area (Å²) < 4.78 is 11.0. The van der Waals surface area contributed by atoms with Crippen LogP contribution >= 0.6 is 0 Å². The Hall–Kier alpha value is -0.910. The van der Waals surface area contributed by atoms with Crippen molar-refractivity contribution in [2.24, 2.45) is 0 Å². The lowest BCUT2D eigenvalue weighted by Gasteiger charge is -2.22. The quantitative estimate of drug-likeness (QED) is 0.702. The molecule has 84 valence electrons. The lowest BCUT2D eigenvalue weighted by Crippen LogP contribution is -2.30. The first-order valence-electron chi connectivity index (χ1n) is 5.24. The molecule has 0 amide bonds. The molecule has 0 unspecified atom stereocenters. The van der Waals surface area contributed by atoms with Gasteiger partial charge >= 0.3 is 0 Å². The molecule has 5 nitrogen and oxygen atoms in total. The molecule has 0 spiro atoms. The molecule has 2 heterocycles. The van der Waals surface area contributed by atoms with Crippen LogP contribution in [0.4, 0.5) is 0 Å². The molecule has 2 rings (SSSR count). The maximum absolute atomic E-state index is 5.50. The Labute approximate surface area is 89.2 Å². The van der Waals surface area contributed by atoms with Crippen LogP contribution < -0.4 is 5.32 Å². The number of H-pyrrole nitrogens is 1. The Kier molecular flexibility index (Phi) is 3.35. The highest BCUT2D eigenvalue weighted by Gasteiger charge is 2.29. The molecule has 1 fully saturated rings. The predicted molar refractivity (Wildman–Crippen MR) is 55.2 cm³/mol. The number of nitrogens with one attached hydrogen (secondary N) is 2. The highest BCUT2D eigenvalue weighted by Crippen LogP contribution is 2.21. The van der Waals surface area contributed by atoms with Crippen LogP contribution in [0.15, 0.2) is 12.5 Å². The first kappa shape index (κ1) is 10.6. The fraction of sp³-hybridized carbons (Fsp3) is 0.700. The lowest BCUT2D eigenvalue weighted by atomic mass is 10.2. The summed E-state index contributed by atoms with van der Waals surface area (Å²) in [7, 11) is 0. The zero-order chi connectivity index (χ0) is 10.6. The third kappa shape index (κ3) is 3.02. The van der Waals surface area contributed by atoms with E-state index in [0.29, 0.717) is 13.2 Å². The summed E-state index contributed by atoms with van der Waals surface area (Å²) in [6.45, 7) is 5.07. The van der Waals surface area contributed by atoms with E-state index in [1.54, 1.807) is 6.33 Å². The second-order valence-electron chi connectivity index (χ2n) is 3.83. The van der Waals surface area contributed by atoms with Crippen molar-refractivity contribution in [3.05, 3.63) is 18.2 Å². The van der Waals surface area contributed by atoms with Gasteiger partial charge in [0.15, 0.2) is 5.79 Å². The molecule has 0 atom stereocenters. The SMILES string of the molecule is CC1(CCNCc2cnc[nH]2)OCCO1. The first-order valence-corrected chi connectivity index (χ1v) is 5.24. The zero-order valence-corrected chi connectivity index (χ0v) is 8.95. The summed E-state index contributed by atoms with van der Waals surface area (Å²) in [5, 5.41) is 3.31. The number of hydrogen-bond acceptors (Lipinski definition) is 4. The van der Waals surface area contributed by atoms with Crippen LogP contribution in [-0.4, -0.2) is 35.5 Å². The Morgan fingerprint density at radius 2 is 2.33 bits per heavy atom. The number of ether oxygens (including phenoxy) is 2. The molecule has 0 aliphatic carbocycles. The largest absolute Gasteiger partial charge is 0.348 e. The Morgan fingerprint density at radius 3 is 3.00 bits per heavy atom. The van der Waals surface area contributed by atoms with Crippen molar-refractivity contribution in [3.63, 3.8) is 0 Å². The van der Waals surface area contributed by atoms with E-state index < -0.39 is 0 Å². The standard InChI is InChI=1S/C10H17N3O2/c1-10(14-4-5-15-10)2-3-11-6-9-7-12-8-13-9/h7-8,11H,2-6H2,1H3,(H,12,13). The zero-order valence-electron chi connectivity index (χ0n) is 8.95. The maximum Gasteiger partial charge on any atom is 0.166 e. The van der Waals surface area contributed by atoms with Gasteiger partial charge in [0.05, 0.1) is 19.5 Å². The van der Waals surface area contributed by atoms with Crippen LogP contribution in [0, 0.1) is 0 Å². The van der Waals surface area contributed by atoms with Crippen LogP contribution in [0.5, 0.6) is 0 Å². The summed E-state index contributed by atoms with van der Waals surface area (Å²) in [5.41, 5.74) is 1.09. The summed E-state index contributed by atoms with van der Waals surface area (Å²) in [5.74, 6) is -0.388. The number of imidazole rings is 1. The molecule has 2 N–H and O–H groups in total. The number of hydrogen-bond donors (Lipinski definition) is 2. The van der Waals surface area contributed by atoms with Crippen molar-refractivity contribution in [1.82, 2.24) is 15.3 Å². The minimum absolute atomic E-state index is 0.388. The Balaban J connectivity index is 1.62. The smallest absolute Gasteiger partial charge is 0.166 e. The normalized spacial score (nSPS) is 19.5. The summed E-state index contributed by atoms with van der Waals surface area (Å²) in [4.78, 5) is 6.99. The third-order valence-corrected chi connectivity index (χ3v) is 2.52. The van der Waals surface area contributed by atoms with Crippen molar-refractivity contribution < 1.29 is 9.47 Å². The highest BCUT2D eigenvalue weighted by atomic mass is 16.7. The van der Waals surface area contributed by atoms with Crippen LogP contribution in [0.25, 0.3) is 0 Å². The van der Waals surface area contributed by atoms with Gasteiger partial charge < -0.3 is 19.8 Å². The molecule has 1 aliphatic heterocycles. The summed E-state index contributed by atoms with van der Waals surface area (Å²) in [6, 6.07) is 0. The molecule has 1 saturated heterocycles.